The average molecular weight is 407 g/mol. The second kappa shape index (κ2) is 8.22. The smallest absolute Gasteiger partial charge is 0.232 e. The number of carbonyl (C=O) groups excluding carboxylic acids is 2. The number of nitrogens with zero attached hydrogens (tertiary/aromatic N) is 1. The number of methoxy groups -OCH3 is 3. The second-order valence-electron chi connectivity index (χ2n) is 7.44. The van der Waals surface area contributed by atoms with E-state index in [0.29, 0.717) is 30.1 Å². The summed E-state index contributed by atoms with van der Waals surface area (Å²) >= 11 is 0. The fraction of sp³-hybridized carbons (Fsp3) is 0.333. The minimum atomic E-state index is -0.290. The lowest BCUT2D eigenvalue weighted by molar-refractivity contribution is -0.119. The van der Waals surface area contributed by atoms with Gasteiger partial charge in [-0.2, -0.15) is 0 Å². The van der Waals surface area contributed by atoms with Crippen molar-refractivity contribution >= 4 is 17.4 Å². The Hall–Kier alpha value is -3.28. The molecule has 2 aliphatic rings. The molecule has 1 atom stereocenters. The molecule has 1 aliphatic heterocycles. The second-order valence-corrected chi connectivity index (χ2v) is 7.44. The SMILES string of the molecule is COc1cccc(N2C(=O)CC(c3ccc(OC)c(OC)c3)C3=C2CCCC3=O)c1. The van der Waals surface area contributed by atoms with Gasteiger partial charge in [0.15, 0.2) is 17.3 Å². The van der Waals surface area contributed by atoms with Crippen LogP contribution in [0.5, 0.6) is 17.2 Å². The van der Waals surface area contributed by atoms with Gasteiger partial charge in [0.2, 0.25) is 5.91 Å². The van der Waals surface area contributed by atoms with Crippen LogP contribution in [0.4, 0.5) is 5.69 Å². The molecule has 0 fully saturated rings. The first-order chi connectivity index (χ1) is 14.6. The molecular weight excluding hydrogens is 382 g/mol. The van der Waals surface area contributed by atoms with Crippen LogP contribution in [0.15, 0.2) is 53.7 Å². The minimum Gasteiger partial charge on any atom is -0.497 e. The summed E-state index contributed by atoms with van der Waals surface area (Å²) in [7, 11) is 4.76. The quantitative estimate of drug-likeness (QED) is 0.742. The van der Waals surface area contributed by atoms with Crippen molar-refractivity contribution in [1.29, 1.82) is 0 Å². The highest BCUT2D eigenvalue weighted by atomic mass is 16.5. The Morgan fingerprint density at radius 3 is 2.43 bits per heavy atom. The molecule has 0 radical (unpaired) electrons. The van der Waals surface area contributed by atoms with Crippen LogP contribution in [-0.4, -0.2) is 33.0 Å². The largest absolute Gasteiger partial charge is 0.497 e. The van der Waals surface area contributed by atoms with Gasteiger partial charge in [-0.3, -0.25) is 14.5 Å². The van der Waals surface area contributed by atoms with Crippen molar-refractivity contribution in [1.82, 2.24) is 0 Å². The van der Waals surface area contributed by atoms with Crippen molar-refractivity contribution in [2.45, 2.75) is 31.6 Å². The van der Waals surface area contributed by atoms with Gasteiger partial charge in [0.05, 0.1) is 27.0 Å². The number of carbonyl (C=O) groups is 2. The van der Waals surface area contributed by atoms with Crippen LogP contribution in [0, 0.1) is 0 Å². The summed E-state index contributed by atoms with van der Waals surface area (Å²) in [5.74, 6) is 1.66. The maximum Gasteiger partial charge on any atom is 0.232 e. The summed E-state index contributed by atoms with van der Waals surface area (Å²) < 4.78 is 16.1. The first-order valence-corrected chi connectivity index (χ1v) is 10.0. The molecule has 4 rings (SSSR count). The van der Waals surface area contributed by atoms with E-state index in [-0.39, 0.29) is 24.0 Å². The number of allylic oxidation sites excluding steroid dienone is 2. The lowest BCUT2D eigenvalue weighted by Gasteiger charge is -2.38. The first-order valence-electron chi connectivity index (χ1n) is 10.0. The van der Waals surface area contributed by atoms with Crippen LogP contribution >= 0.6 is 0 Å². The third kappa shape index (κ3) is 3.43. The Morgan fingerprint density at radius 2 is 1.70 bits per heavy atom. The third-order valence-electron chi connectivity index (χ3n) is 5.80. The van der Waals surface area contributed by atoms with Crippen LogP contribution in [0.1, 0.15) is 37.2 Å². The van der Waals surface area contributed by atoms with E-state index in [1.54, 1.807) is 26.2 Å². The van der Waals surface area contributed by atoms with Crippen LogP contribution in [0.2, 0.25) is 0 Å². The minimum absolute atomic E-state index is 0.0310. The Balaban J connectivity index is 1.83. The monoisotopic (exact) mass is 407 g/mol. The zero-order chi connectivity index (χ0) is 21.3. The zero-order valence-electron chi connectivity index (χ0n) is 17.4. The van der Waals surface area contributed by atoms with E-state index in [0.717, 1.165) is 28.9 Å². The maximum atomic E-state index is 13.3. The summed E-state index contributed by atoms with van der Waals surface area (Å²) in [4.78, 5) is 28.0. The molecule has 0 aromatic heterocycles. The Labute approximate surface area is 176 Å². The molecule has 1 aliphatic carbocycles. The Bertz CT molecular complexity index is 1030. The Kier molecular flexibility index (Phi) is 5.48. The molecule has 6 heteroatoms. The summed E-state index contributed by atoms with van der Waals surface area (Å²) in [6, 6.07) is 13.0. The number of hydrogen-bond acceptors (Lipinski definition) is 5. The third-order valence-corrected chi connectivity index (χ3v) is 5.80. The molecule has 1 heterocycles. The number of anilines is 1. The number of Topliss-reactive ketones (excluding diaryl/α,β-unsaturated/α-hetero) is 1. The molecule has 2 aromatic rings. The normalized spacial score (nSPS) is 18.9. The van der Waals surface area contributed by atoms with E-state index in [4.69, 9.17) is 14.2 Å². The Morgan fingerprint density at radius 1 is 0.900 bits per heavy atom. The number of ether oxygens (including phenoxy) is 3. The molecule has 2 aromatic carbocycles. The van der Waals surface area contributed by atoms with Crippen LogP contribution in [-0.2, 0) is 9.59 Å². The topological polar surface area (TPSA) is 65.1 Å². The molecule has 1 unspecified atom stereocenters. The summed E-state index contributed by atoms with van der Waals surface area (Å²) in [6.45, 7) is 0. The standard InChI is InChI=1S/C24H25NO5/c1-28-17-7-4-6-16(13-17)25-19-8-5-9-20(26)24(19)18(14-23(25)27)15-10-11-21(29-2)22(12-15)30-3/h4,6-7,10-13,18H,5,8-9,14H2,1-3H3. The highest BCUT2D eigenvalue weighted by Crippen LogP contribution is 2.45. The van der Waals surface area contributed by atoms with Gasteiger partial charge in [-0.25, -0.2) is 0 Å². The van der Waals surface area contributed by atoms with Gasteiger partial charge < -0.3 is 14.2 Å². The van der Waals surface area contributed by atoms with Crippen molar-refractivity contribution in [2.24, 2.45) is 0 Å². The van der Waals surface area contributed by atoms with Gasteiger partial charge in [0.1, 0.15) is 5.75 Å². The average Bonchev–Trinajstić information content (AvgIpc) is 2.78. The number of rotatable bonds is 5. The van der Waals surface area contributed by atoms with E-state index in [9.17, 15) is 9.59 Å². The van der Waals surface area contributed by atoms with Crippen LogP contribution < -0.4 is 19.1 Å². The molecular formula is C24H25NO5. The molecule has 0 spiro atoms. The van der Waals surface area contributed by atoms with E-state index >= 15 is 0 Å². The van der Waals surface area contributed by atoms with Crippen molar-refractivity contribution in [3.63, 3.8) is 0 Å². The van der Waals surface area contributed by atoms with Crippen LogP contribution in [0.3, 0.4) is 0 Å². The van der Waals surface area contributed by atoms with Gasteiger partial charge in [0.25, 0.3) is 0 Å². The maximum absolute atomic E-state index is 13.3. The number of ketones is 1. The molecule has 6 nitrogen and oxygen atoms in total. The fourth-order valence-corrected chi connectivity index (χ4v) is 4.40. The number of benzene rings is 2. The molecule has 30 heavy (non-hydrogen) atoms. The van der Waals surface area contributed by atoms with Gasteiger partial charge in [-0.15, -0.1) is 0 Å². The predicted molar refractivity (Wildman–Crippen MR) is 113 cm³/mol. The highest BCUT2D eigenvalue weighted by Gasteiger charge is 2.40. The van der Waals surface area contributed by atoms with E-state index in [1.807, 2.05) is 42.5 Å². The molecule has 0 bridgehead atoms. The van der Waals surface area contributed by atoms with E-state index < -0.39 is 0 Å². The zero-order valence-corrected chi connectivity index (χ0v) is 17.4. The molecule has 156 valence electrons. The molecule has 0 saturated carbocycles. The molecule has 0 N–H and O–H groups in total. The van der Waals surface area contributed by atoms with Crippen molar-refractivity contribution < 1.29 is 23.8 Å². The predicted octanol–water partition coefficient (Wildman–Crippen LogP) is 4.24. The molecule has 0 saturated heterocycles. The highest BCUT2D eigenvalue weighted by molar-refractivity contribution is 6.07. The summed E-state index contributed by atoms with van der Waals surface area (Å²) in [5.41, 5.74) is 3.15. The molecule has 1 amide bonds. The summed E-state index contributed by atoms with van der Waals surface area (Å²) in [5, 5.41) is 0. The number of hydrogen-bond donors (Lipinski definition) is 0. The first kappa shape index (κ1) is 20.0. The van der Waals surface area contributed by atoms with Crippen LogP contribution in [0.25, 0.3) is 0 Å². The fourth-order valence-electron chi connectivity index (χ4n) is 4.40. The lowest BCUT2D eigenvalue weighted by Crippen LogP contribution is -2.40. The van der Waals surface area contributed by atoms with Crippen molar-refractivity contribution in [3.05, 3.63) is 59.3 Å². The lowest BCUT2D eigenvalue weighted by atomic mass is 9.77. The van der Waals surface area contributed by atoms with Gasteiger partial charge in [0, 0.05) is 36.1 Å². The summed E-state index contributed by atoms with van der Waals surface area (Å²) in [6.07, 6.45) is 2.15. The number of amides is 1. The van der Waals surface area contributed by atoms with Gasteiger partial charge >= 0.3 is 0 Å². The van der Waals surface area contributed by atoms with E-state index in [1.165, 1.54) is 0 Å². The van der Waals surface area contributed by atoms with E-state index in [2.05, 4.69) is 0 Å². The van der Waals surface area contributed by atoms with Gasteiger partial charge in [-0.1, -0.05) is 12.1 Å². The van der Waals surface area contributed by atoms with Crippen molar-refractivity contribution in [2.75, 3.05) is 26.2 Å². The van der Waals surface area contributed by atoms with Crippen molar-refractivity contribution in [3.8, 4) is 17.2 Å². The van der Waals surface area contributed by atoms with Gasteiger partial charge in [-0.05, 0) is 42.7 Å².